The van der Waals surface area contributed by atoms with Crippen LogP contribution in [0.5, 0.6) is 11.5 Å². The van der Waals surface area contributed by atoms with Crippen LogP contribution in [0.15, 0.2) is 18.2 Å². The van der Waals surface area contributed by atoms with Gasteiger partial charge in [0.15, 0.2) is 11.5 Å². The third kappa shape index (κ3) is 6.55. The Balaban J connectivity index is 2.55. The quantitative estimate of drug-likeness (QED) is 0.760. The van der Waals surface area contributed by atoms with Crippen LogP contribution in [0, 0.1) is 0 Å². The first kappa shape index (κ1) is 17.9. The van der Waals surface area contributed by atoms with Crippen LogP contribution in [0.25, 0.3) is 0 Å². The van der Waals surface area contributed by atoms with E-state index in [4.69, 9.17) is 9.47 Å². The Morgan fingerprint density at radius 1 is 1.14 bits per heavy atom. The molecule has 2 N–H and O–H groups in total. The van der Waals surface area contributed by atoms with Crippen LogP contribution in [0.3, 0.4) is 0 Å². The van der Waals surface area contributed by atoms with E-state index in [1.54, 1.807) is 18.2 Å². The van der Waals surface area contributed by atoms with Gasteiger partial charge in [0.2, 0.25) is 0 Å². The second-order valence-electron chi connectivity index (χ2n) is 4.28. The van der Waals surface area contributed by atoms with E-state index >= 15 is 0 Å². The number of urea groups is 1. The Morgan fingerprint density at radius 3 is 2.36 bits per heavy atom. The van der Waals surface area contributed by atoms with Crippen molar-refractivity contribution in [2.75, 3.05) is 19.8 Å². The summed E-state index contributed by atoms with van der Waals surface area (Å²) in [6.07, 6.45) is -4.36. The van der Waals surface area contributed by atoms with Crippen molar-refractivity contribution in [3.63, 3.8) is 0 Å². The van der Waals surface area contributed by atoms with E-state index in [0.717, 1.165) is 10.9 Å². The van der Waals surface area contributed by atoms with E-state index in [0.29, 0.717) is 31.1 Å². The number of ether oxygens (including phenoxy) is 2. The molecule has 8 heteroatoms. The SMILES string of the molecule is CCOc1ccc(CCNC(=O)NC(F)(F)F)cc1OCC. The molecule has 124 valence electrons. The first-order valence-corrected chi connectivity index (χ1v) is 6.87. The van der Waals surface area contributed by atoms with Gasteiger partial charge in [-0.05, 0) is 38.0 Å². The lowest BCUT2D eigenvalue weighted by Crippen LogP contribution is -2.44. The Kier molecular flexibility index (Phi) is 6.81. The molecule has 0 aliphatic carbocycles. The van der Waals surface area contributed by atoms with E-state index in [9.17, 15) is 18.0 Å². The van der Waals surface area contributed by atoms with Crippen molar-refractivity contribution in [2.45, 2.75) is 26.6 Å². The van der Waals surface area contributed by atoms with Crippen molar-refractivity contribution in [2.24, 2.45) is 0 Å². The van der Waals surface area contributed by atoms with Gasteiger partial charge in [-0.25, -0.2) is 10.1 Å². The summed E-state index contributed by atoms with van der Waals surface area (Å²) < 4.78 is 46.6. The lowest BCUT2D eigenvalue weighted by molar-refractivity contribution is -0.145. The smallest absolute Gasteiger partial charge is 0.485 e. The molecule has 0 spiro atoms. The second-order valence-corrected chi connectivity index (χ2v) is 4.28. The average molecular weight is 320 g/mol. The molecule has 0 bridgehead atoms. The fourth-order valence-electron chi connectivity index (χ4n) is 1.74. The van der Waals surface area contributed by atoms with Crippen molar-refractivity contribution in [3.05, 3.63) is 23.8 Å². The molecular weight excluding hydrogens is 301 g/mol. The summed E-state index contributed by atoms with van der Waals surface area (Å²) in [4.78, 5) is 11.0. The van der Waals surface area contributed by atoms with Crippen LogP contribution in [0.1, 0.15) is 19.4 Å². The van der Waals surface area contributed by atoms with E-state index in [-0.39, 0.29) is 6.54 Å². The predicted octanol–water partition coefficient (Wildman–Crippen LogP) is 2.85. The van der Waals surface area contributed by atoms with E-state index in [2.05, 4.69) is 5.32 Å². The fraction of sp³-hybridized carbons (Fsp3) is 0.500. The summed E-state index contributed by atoms with van der Waals surface area (Å²) in [5, 5.41) is 3.01. The highest BCUT2D eigenvalue weighted by Crippen LogP contribution is 2.28. The summed E-state index contributed by atoms with van der Waals surface area (Å²) >= 11 is 0. The largest absolute Gasteiger partial charge is 0.490 e. The molecule has 0 saturated carbocycles. The number of amides is 2. The van der Waals surface area contributed by atoms with Gasteiger partial charge in [-0.2, -0.15) is 13.2 Å². The first-order chi connectivity index (χ1) is 10.4. The molecule has 0 fully saturated rings. The highest BCUT2D eigenvalue weighted by atomic mass is 19.4. The minimum Gasteiger partial charge on any atom is -0.490 e. The van der Waals surface area contributed by atoms with Crippen molar-refractivity contribution in [1.29, 1.82) is 0 Å². The van der Waals surface area contributed by atoms with Crippen LogP contribution < -0.4 is 20.1 Å². The Labute approximate surface area is 126 Å². The number of rotatable bonds is 7. The van der Waals surface area contributed by atoms with Gasteiger partial charge < -0.3 is 14.8 Å². The summed E-state index contributed by atoms with van der Waals surface area (Å²) in [5.74, 6) is 1.18. The third-order valence-electron chi connectivity index (χ3n) is 2.56. The minimum absolute atomic E-state index is 0.0709. The molecule has 0 unspecified atom stereocenters. The Hall–Kier alpha value is -2.12. The molecule has 0 saturated heterocycles. The molecule has 0 aromatic heterocycles. The van der Waals surface area contributed by atoms with Crippen molar-refractivity contribution < 1.29 is 27.4 Å². The molecule has 0 atom stereocenters. The van der Waals surface area contributed by atoms with Crippen LogP contribution in [0.4, 0.5) is 18.0 Å². The minimum atomic E-state index is -4.73. The van der Waals surface area contributed by atoms with E-state index in [1.165, 1.54) is 0 Å². The van der Waals surface area contributed by atoms with Crippen molar-refractivity contribution >= 4 is 6.03 Å². The molecule has 2 amide bonds. The highest BCUT2D eigenvalue weighted by molar-refractivity contribution is 5.74. The standard InChI is InChI=1S/C14H19F3N2O3/c1-3-21-11-6-5-10(9-12(11)22-4-2)7-8-18-13(20)19-14(15,16)17/h5-6,9H,3-4,7-8H2,1-2H3,(H2,18,19,20). The first-order valence-electron chi connectivity index (χ1n) is 6.87. The third-order valence-corrected chi connectivity index (χ3v) is 2.56. The van der Waals surface area contributed by atoms with Gasteiger partial charge in [0.05, 0.1) is 13.2 Å². The Bertz CT molecular complexity index is 493. The maximum absolute atomic E-state index is 11.9. The molecule has 0 aliphatic heterocycles. The van der Waals surface area contributed by atoms with E-state index in [1.807, 2.05) is 13.8 Å². The van der Waals surface area contributed by atoms with Crippen molar-refractivity contribution in [1.82, 2.24) is 10.6 Å². The summed E-state index contributed by atoms with van der Waals surface area (Å²) in [6.45, 7) is 4.73. The molecular formula is C14H19F3N2O3. The number of nitrogens with one attached hydrogen (secondary N) is 2. The lowest BCUT2D eigenvalue weighted by atomic mass is 10.1. The van der Waals surface area contributed by atoms with Crippen LogP contribution in [0.2, 0.25) is 0 Å². The van der Waals surface area contributed by atoms with Crippen LogP contribution in [-0.4, -0.2) is 32.1 Å². The number of halogens is 3. The molecule has 0 heterocycles. The molecule has 0 aliphatic rings. The van der Waals surface area contributed by atoms with Gasteiger partial charge in [0.1, 0.15) is 0 Å². The zero-order valence-corrected chi connectivity index (χ0v) is 12.4. The van der Waals surface area contributed by atoms with Gasteiger partial charge in [-0.3, -0.25) is 0 Å². The average Bonchev–Trinajstić information content (AvgIpc) is 2.40. The van der Waals surface area contributed by atoms with Crippen LogP contribution >= 0.6 is 0 Å². The van der Waals surface area contributed by atoms with Gasteiger partial charge in [-0.1, -0.05) is 6.07 Å². The number of hydrogen-bond acceptors (Lipinski definition) is 3. The Morgan fingerprint density at radius 2 is 1.77 bits per heavy atom. The topological polar surface area (TPSA) is 59.6 Å². The molecule has 22 heavy (non-hydrogen) atoms. The van der Waals surface area contributed by atoms with Crippen LogP contribution in [-0.2, 0) is 6.42 Å². The number of benzene rings is 1. The molecule has 1 aromatic carbocycles. The zero-order chi connectivity index (χ0) is 16.6. The maximum Gasteiger partial charge on any atom is 0.485 e. The van der Waals surface area contributed by atoms with Gasteiger partial charge in [0.25, 0.3) is 0 Å². The monoisotopic (exact) mass is 320 g/mol. The lowest BCUT2D eigenvalue weighted by Gasteiger charge is -2.13. The number of carbonyl (C=O) groups excluding carboxylic acids is 1. The predicted molar refractivity (Wildman–Crippen MR) is 75.1 cm³/mol. The number of alkyl halides is 3. The van der Waals surface area contributed by atoms with Gasteiger partial charge in [-0.15, -0.1) is 0 Å². The zero-order valence-electron chi connectivity index (χ0n) is 12.4. The molecule has 1 aromatic rings. The fourth-order valence-corrected chi connectivity index (χ4v) is 1.74. The summed E-state index contributed by atoms with van der Waals surface area (Å²) in [7, 11) is 0. The molecule has 1 rings (SSSR count). The number of carbonyl (C=O) groups is 1. The highest BCUT2D eigenvalue weighted by Gasteiger charge is 2.29. The molecule has 5 nitrogen and oxygen atoms in total. The number of hydrogen-bond donors (Lipinski definition) is 2. The van der Waals surface area contributed by atoms with Gasteiger partial charge >= 0.3 is 12.3 Å². The van der Waals surface area contributed by atoms with Gasteiger partial charge in [0, 0.05) is 6.54 Å². The summed E-state index contributed by atoms with van der Waals surface area (Å²) in [5.41, 5.74) is 0.819. The summed E-state index contributed by atoms with van der Waals surface area (Å²) in [6, 6.07) is 3.98. The molecule has 0 radical (unpaired) electrons. The van der Waals surface area contributed by atoms with Crippen molar-refractivity contribution in [3.8, 4) is 11.5 Å². The van der Waals surface area contributed by atoms with E-state index < -0.39 is 12.3 Å². The normalized spacial score (nSPS) is 11.0. The second kappa shape index (κ2) is 8.35. The maximum atomic E-state index is 11.9.